The van der Waals surface area contributed by atoms with Crippen molar-refractivity contribution >= 4 is 5.69 Å². The number of hydrogen-bond acceptors (Lipinski definition) is 6. The fourth-order valence-electron chi connectivity index (χ4n) is 2.35. The Bertz CT molecular complexity index is 715. The zero-order chi connectivity index (χ0) is 13.4. The van der Waals surface area contributed by atoms with Gasteiger partial charge in [-0.3, -0.25) is 0 Å². The molecule has 0 spiro atoms. The molecule has 0 bridgehead atoms. The van der Waals surface area contributed by atoms with Gasteiger partial charge in [-0.1, -0.05) is 23.4 Å². The molecule has 1 aromatic carbocycles. The van der Waals surface area contributed by atoms with Gasteiger partial charge in [-0.15, -0.1) is 0 Å². The molecule has 1 aliphatic heterocycles. The number of nitrogens with one attached hydrogen (secondary N) is 1. The molecule has 3 heterocycles. The van der Waals surface area contributed by atoms with Gasteiger partial charge in [-0.2, -0.15) is 4.98 Å². The van der Waals surface area contributed by atoms with Gasteiger partial charge in [0, 0.05) is 18.3 Å². The van der Waals surface area contributed by atoms with Crippen molar-refractivity contribution in [2.24, 2.45) is 0 Å². The van der Waals surface area contributed by atoms with Gasteiger partial charge < -0.3 is 9.84 Å². The minimum atomic E-state index is 0.0236. The minimum Gasteiger partial charge on any atom is -0.373 e. The highest BCUT2D eigenvalue weighted by Gasteiger charge is 2.26. The molecule has 0 aliphatic carbocycles. The van der Waals surface area contributed by atoms with E-state index in [1.54, 1.807) is 12.3 Å². The molecule has 1 N–H and O–H groups in total. The second kappa shape index (κ2) is 4.41. The average Bonchev–Trinajstić information content (AvgIpc) is 3.14. The number of aromatic nitrogens is 4. The lowest BCUT2D eigenvalue weighted by molar-refractivity contribution is 0.364. The van der Waals surface area contributed by atoms with E-state index in [-0.39, 0.29) is 6.04 Å². The SMILES string of the molecule is c1ccc2c(c1)C[C@@H](c1nc(-c3ccncn3)no1)N2. The molecule has 3 aromatic rings. The lowest BCUT2D eigenvalue weighted by atomic mass is 10.1. The normalized spacial score (nSPS) is 16.7. The van der Waals surface area contributed by atoms with E-state index in [0.29, 0.717) is 17.4 Å². The first-order valence-electron chi connectivity index (χ1n) is 6.34. The van der Waals surface area contributed by atoms with Crippen LogP contribution in [0.1, 0.15) is 17.5 Å². The largest absolute Gasteiger partial charge is 0.373 e. The molecule has 6 heteroatoms. The zero-order valence-corrected chi connectivity index (χ0v) is 10.5. The van der Waals surface area contributed by atoms with Crippen LogP contribution in [0.25, 0.3) is 11.5 Å². The summed E-state index contributed by atoms with van der Waals surface area (Å²) in [6.07, 6.45) is 3.97. The Morgan fingerprint density at radius 2 is 2.15 bits per heavy atom. The van der Waals surface area contributed by atoms with Gasteiger partial charge in [0.2, 0.25) is 11.7 Å². The summed E-state index contributed by atoms with van der Waals surface area (Å²) in [5.41, 5.74) is 3.05. The van der Waals surface area contributed by atoms with Gasteiger partial charge in [0.25, 0.3) is 0 Å². The Morgan fingerprint density at radius 1 is 1.20 bits per heavy atom. The monoisotopic (exact) mass is 265 g/mol. The van der Waals surface area contributed by atoms with Gasteiger partial charge in [0.05, 0.1) is 0 Å². The molecule has 4 rings (SSSR count). The molecule has 0 unspecified atom stereocenters. The fourth-order valence-corrected chi connectivity index (χ4v) is 2.35. The fraction of sp³-hybridized carbons (Fsp3) is 0.143. The van der Waals surface area contributed by atoms with E-state index in [0.717, 1.165) is 12.1 Å². The molecule has 2 aromatic heterocycles. The van der Waals surface area contributed by atoms with Crippen molar-refractivity contribution in [2.45, 2.75) is 12.5 Å². The number of benzene rings is 1. The van der Waals surface area contributed by atoms with E-state index in [1.807, 2.05) is 12.1 Å². The van der Waals surface area contributed by atoms with Crippen molar-refractivity contribution in [3.8, 4) is 11.5 Å². The predicted molar refractivity (Wildman–Crippen MR) is 71.8 cm³/mol. The maximum atomic E-state index is 5.35. The van der Waals surface area contributed by atoms with E-state index in [9.17, 15) is 0 Å². The summed E-state index contributed by atoms with van der Waals surface area (Å²) >= 11 is 0. The van der Waals surface area contributed by atoms with Crippen molar-refractivity contribution in [1.82, 2.24) is 20.1 Å². The van der Waals surface area contributed by atoms with Crippen LogP contribution in [0, 0.1) is 0 Å². The topological polar surface area (TPSA) is 76.7 Å². The molecule has 6 nitrogen and oxygen atoms in total. The summed E-state index contributed by atoms with van der Waals surface area (Å²) in [7, 11) is 0. The van der Waals surface area contributed by atoms with Crippen LogP contribution >= 0.6 is 0 Å². The van der Waals surface area contributed by atoms with Gasteiger partial charge in [-0.05, 0) is 17.7 Å². The highest BCUT2D eigenvalue weighted by atomic mass is 16.5. The molecular weight excluding hydrogens is 254 g/mol. The second-order valence-corrected chi connectivity index (χ2v) is 4.61. The van der Waals surface area contributed by atoms with Crippen molar-refractivity contribution in [1.29, 1.82) is 0 Å². The van der Waals surface area contributed by atoms with E-state index in [4.69, 9.17) is 4.52 Å². The molecule has 0 saturated carbocycles. The molecule has 20 heavy (non-hydrogen) atoms. The Kier molecular flexibility index (Phi) is 2.45. The van der Waals surface area contributed by atoms with Crippen molar-refractivity contribution < 1.29 is 4.52 Å². The summed E-state index contributed by atoms with van der Waals surface area (Å²) in [5.74, 6) is 1.06. The van der Waals surface area contributed by atoms with Gasteiger partial charge in [0.1, 0.15) is 18.1 Å². The van der Waals surface area contributed by atoms with Crippen LogP contribution in [0.3, 0.4) is 0 Å². The van der Waals surface area contributed by atoms with Gasteiger partial charge in [0.15, 0.2) is 0 Å². The van der Waals surface area contributed by atoms with E-state index < -0.39 is 0 Å². The van der Waals surface area contributed by atoms with Crippen LogP contribution in [0.15, 0.2) is 47.4 Å². The van der Waals surface area contributed by atoms with Gasteiger partial charge >= 0.3 is 0 Å². The summed E-state index contributed by atoms with van der Waals surface area (Å²) in [4.78, 5) is 12.4. The number of fused-ring (bicyclic) bond motifs is 1. The number of nitrogens with zero attached hydrogens (tertiary/aromatic N) is 4. The molecule has 0 amide bonds. The van der Waals surface area contributed by atoms with Crippen LogP contribution in [0.4, 0.5) is 5.69 Å². The van der Waals surface area contributed by atoms with E-state index >= 15 is 0 Å². The van der Waals surface area contributed by atoms with Crippen molar-refractivity contribution in [2.75, 3.05) is 5.32 Å². The van der Waals surface area contributed by atoms with Crippen LogP contribution in [-0.2, 0) is 6.42 Å². The molecule has 0 radical (unpaired) electrons. The summed E-state index contributed by atoms with van der Waals surface area (Å²) < 4.78 is 5.35. The number of anilines is 1. The van der Waals surface area contributed by atoms with Crippen LogP contribution in [0.5, 0.6) is 0 Å². The van der Waals surface area contributed by atoms with Crippen LogP contribution in [-0.4, -0.2) is 20.1 Å². The summed E-state index contributed by atoms with van der Waals surface area (Å²) in [6.45, 7) is 0. The van der Waals surface area contributed by atoms with Crippen molar-refractivity contribution in [3.63, 3.8) is 0 Å². The Hall–Kier alpha value is -2.76. The molecule has 1 aliphatic rings. The maximum Gasteiger partial charge on any atom is 0.249 e. The molecule has 98 valence electrons. The maximum absolute atomic E-state index is 5.35. The lowest BCUT2D eigenvalue weighted by Gasteiger charge is -2.04. The first-order valence-corrected chi connectivity index (χ1v) is 6.34. The first-order chi connectivity index (χ1) is 9.90. The highest BCUT2D eigenvalue weighted by molar-refractivity contribution is 5.57. The molecular formula is C14H11N5O. The number of hydrogen-bond donors (Lipinski definition) is 1. The molecule has 1 atom stereocenters. The number of para-hydroxylation sites is 1. The van der Waals surface area contributed by atoms with E-state index in [1.165, 1.54) is 11.9 Å². The number of rotatable bonds is 2. The minimum absolute atomic E-state index is 0.0236. The van der Waals surface area contributed by atoms with Gasteiger partial charge in [-0.25, -0.2) is 9.97 Å². The Balaban J connectivity index is 1.61. The van der Waals surface area contributed by atoms with Crippen LogP contribution in [0.2, 0.25) is 0 Å². The Morgan fingerprint density at radius 3 is 3.00 bits per heavy atom. The summed E-state index contributed by atoms with van der Waals surface area (Å²) in [5, 5.41) is 7.36. The van der Waals surface area contributed by atoms with Crippen LogP contribution < -0.4 is 5.32 Å². The highest BCUT2D eigenvalue weighted by Crippen LogP contribution is 2.33. The first kappa shape index (κ1) is 11.1. The average molecular weight is 265 g/mol. The molecule has 0 fully saturated rings. The van der Waals surface area contributed by atoms with E-state index in [2.05, 4.69) is 37.6 Å². The Labute approximate surface area is 114 Å². The van der Waals surface area contributed by atoms with Crippen molar-refractivity contribution in [3.05, 3.63) is 54.3 Å². The third-order valence-electron chi connectivity index (χ3n) is 3.32. The third-order valence-corrected chi connectivity index (χ3v) is 3.32. The quantitative estimate of drug-likeness (QED) is 0.765. The zero-order valence-electron chi connectivity index (χ0n) is 10.5. The summed E-state index contributed by atoms with van der Waals surface area (Å²) in [6, 6.07) is 9.97. The smallest absolute Gasteiger partial charge is 0.249 e. The predicted octanol–water partition coefficient (Wildman–Crippen LogP) is 2.24. The lowest BCUT2D eigenvalue weighted by Crippen LogP contribution is -2.05. The second-order valence-electron chi connectivity index (χ2n) is 4.61. The molecule has 0 saturated heterocycles. The third kappa shape index (κ3) is 1.82. The standard InChI is InChI=1S/C14H11N5O/c1-2-4-10-9(3-1)7-12(17-10)14-18-13(19-20-14)11-5-6-15-8-16-11/h1-6,8,12,17H,7H2/t12-/m0/s1.